The lowest BCUT2D eigenvalue weighted by Crippen LogP contribution is -2.22. The summed E-state index contributed by atoms with van der Waals surface area (Å²) < 4.78 is 27.1. The molecule has 2 rings (SSSR count). The van der Waals surface area contributed by atoms with Crippen LogP contribution in [0.2, 0.25) is 5.15 Å². The van der Waals surface area contributed by atoms with Crippen LogP contribution in [-0.2, 0) is 17.6 Å². The van der Waals surface area contributed by atoms with Gasteiger partial charge in [0.15, 0.2) is 5.15 Å². The molecule has 0 amide bonds. The molecule has 0 bridgehead atoms. The van der Waals surface area contributed by atoms with Crippen molar-refractivity contribution in [1.29, 1.82) is 0 Å². The summed E-state index contributed by atoms with van der Waals surface area (Å²) in [5.74, 6) is 0.314. The van der Waals surface area contributed by atoms with Gasteiger partial charge in [-0.3, -0.25) is 4.68 Å². The molecule has 0 aromatic carbocycles. The van der Waals surface area contributed by atoms with Gasteiger partial charge in [0.1, 0.15) is 16.3 Å². The summed E-state index contributed by atoms with van der Waals surface area (Å²) in [4.78, 5) is 5.37. The minimum absolute atomic E-state index is 0.119. The van der Waals surface area contributed by atoms with E-state index < -0.39 is 6.43 Å². The Morgan fingerprint density at radius 2 is 2.25 bits per heavy atom. The van der Waals surface area contributed by atoms with Crippen molar-refractivity contribution in [2.45, 2.75) is 44.5 Å². The highest BCUT2D eigenvalue weighted by Crippen LogP contribution is 2.35. The Labute approximate surface area is 125 Å². The van der Waals surface area contributed by atoms with Crippen LogP contribution in [0.15, 0.2) is 5.16 Å². The smallest absolute Gasteiger partial charge is 0.280 e. The molecule has 1 aliphatic heterocycles. The van der Waals surface area contributed by atoms with E-state index in [9.17, 15) is 8.78 Å². The number of nitrogens with zero attached hydrogens (tertiary/aromatic N) is 3. The van der Waals surface area contributed by atoms with Crippen LogP contribution in [0.5, 0.6) is 0 Å². The zero-order valence-corrected chi connectivity index (χ0v) is 13.1. The van der Waals surface area contributed by atoms with E-state index in [0.29, 0.717) is 17.7 Å². The van der Waals surface area contributed by atoms with Gasteiger partial charge < -0.3 is 4.84 Å². The summed E-state index contributed by atoms with van der Waals surface area (Å²) in [6, 6.07) is 0. The lowest BCUT2D eigenvalue weighted by atomic mass is 10.0. The molecule has 1 aromatic rings. The van der Waals surface area contributed by atoms with Crippen molar-refractivity contribution in [3.63, 3.8) is 0 Å². The van der Waals surface area contributed by atoms with Gasteiger partial charge in [-0.05, 0) is 13.3 Å². The van der Waals surface area contributed by atoms with Gasteiger partial charge in [0.05, 0.1) is 0 Å². The first-order valence-corrected chi connectivity index (χ1v) is 7.60. The Morgan fingerprint density at radius 3 is 2.80 bits per heavy atom. The number of alkyl halides is 2. The topological polar surface area (TPSA) is 39.4 Å². The third kappa shape index (κ3) is 3.09. The molecule has 2 heterocycles. The van der Waals surface area contributed by atoms with Crippen LogP contribution in [0, 0.1) is 0 Å². The van der Waals surface area contributed by atoms with Crippen LogP contribution in [0.25, 0.3) is 0 Å². The van der Waals surface area contributed by atoms with Crippen molar-refractivity contribution in [2.75, 3.05) is 0 Å². The number of oxime groups is 1. The van der Waals surface area contributed by atoms with E-state index in [1.807, 2.05) is 13.8 Å². The molecular formula is C12H16ClF2N3OS. The maximum atomic E-state index is 13.0. The third-order valence-corrected chi connectivity index (χ3v) is 4.66. The van der Waals surface area contributed by atoms with Crippen LogP contribution < -0.4 is 0 Å². The van der Waals surface area contributed by atoms with E-state index in [-0.39, 0.29) is 16.4 Å². The average Bonchev–Trinajstić information content (AvgIpc) is 2.88. The molecule has 8 heteroatoms. The summed E-state index contributed by atoms with van der Waals surface area (Å²) in [6.45, 7) is 4.00. The van der Waals surface area contributed by atoms with Crippen LogP contribution in [-0.4, -0.2) is 20.4 Å². The number of aromatic nitrogens is 2. The molecule has 20 heavy (non-hydrogen) atoms. The molecule has 1 atom stereocenters. The van der Waals surface area contributed by atoms with Gasteiger partial charge in [-0.25, -0.2) is 8.78 Å². The van der Waals surface area contributed by atoms with E-state index >= 15 is 0 Å². The molecule has 0 aliphatic carbocycles. The molecule has 112 valence electrons. The highest BCUT2D eigenvalue weighted by molar-refractivity contribution is 8.13. The van der Waals surface area contributed by atoms with Crippen LogP contribution >= 0.6 is 23.4 Å². The fourth-order valence-electron chi connectivity index (χ4n) is 1.92. The molecule has 4 nitrogen and oxygen atoms in total. The number of rotatable bonds is 4. The predicted octanol–water partition coefficient (Wildman–Crippen LogP) is 4.15. The lowest BCUT2D eigenvalue weighted by Gasteiger charge is -2.18. The highest BCUT2D eigenvalue weighted by Gasteiger charge is 2.33. The van der Waals surface area contributed by atoms with Crippen molar-refractivity contribution in [3.05, 3.63) is 16.4 Å². The number of thioether (sulfide) groups is 1. The molecule has 0 fully saturated rings. The first kappa shape index (κ1) is 15.6. The predicted molar refractivity (Wildman–Crippen MR) is 76.3 cm³/mol. The maximum absolute atomic E-state index is 13.0. The number of hydrogen-bond donors (Lipinski definition) is 0. The molecule has 1 aliphatic rings. The molecule has 1 aromatic heterocycles. The van der Waals surface area contributed by atoms with Crippen molar-refractivity contribution in [2.24, 2.45) is 12.2 Å². The Bertz CT molecular complexity index is 535. The minimum atomic E-state index is -2.60. The van der Waals surface area contributed by atoms with Gasteiger partial charge in [0.25, 0.3) is 6.43 Å². The summed E-state index contributed by atoms with van der Waals surface area (Å²) in [7, 11) is 1.46. The van der Waals surface area contributed by atoms with E-state index in [4.69, 9.17) is 16.4 Å². The van der Waals surface area contributed by atoms with Gasteiger partial charge in [-0.1, -0.05) is 23.7 Å². The summed E-state index contributed by atoms with van der Waals surface area (Å²) in [5, 5.41) is 8.77. The fourth-order valence-corrected chi connectivity index (χ4v) is 3.37. The SMILES string of the molecule is CCC1(C)CC(SCc2c(Cl)nn(C)c2C(F)F)=NO1. The number of hydrogen-bond acceptors (Lipinski definition) is 4. The first-order chi connectivity index (χ1) is 9.36. The third-order valence-electron chi connectivity index (χ3n) is 3.38. The van der Waals surface area contributed by atoms with Gasteiger partial charge in [0.2, 0.25) is 0 Å². The first-order valence-electron chi connectivity index (χ1n) is 6.23. The number of aryl methyl sites for hydroxylation is 1. The van der Waals surface area contributed by atoms with Gasteiger partial charge in [-0.15, -0.1) is 11.8 Å². The molecule has 0 N–H and O–H groups in total. The Hall–Kier alpha value is -0.820. The lowest BCUT2D eigenvalue weighted by molar-refractivity contribution is -0.00604. The minimum Gasteiger partial charge on any atom is -0.388 e. The van der Waals surface area contributed by atoms with E-state index in [2.05, 4.69) is 10.3 Å². The fraction of sp³-hybridized carbons (Fsp3) is 0.667. The zero-order valence-electron chi connectivity index (χ0n) is 11.5. The average molecular weight is 324 g/mol. The second kappa shape index (κ2) is 5.89. The maximum Gasteiger partial charge on any atom is 0.280 e. The zero-order chi connectivity index (χ0) is 14.9. The number of halogens is 3. The Balaban J connectivity index is 2.06. The van der Waals surface area contributed by atoms with Crippen molar-refractivity contribution >= 4 is 28.4 Å². The van der Waals surface area contributed by atoms with Crippen molar-refractivity contribution < 1.29 is 13.6 Å². The quantitative estimate of drug-likeness (QED) is 0.835. The van der Waals surface area contributed by atoms with Gasteiger partial charge in [0, 0.05) is 24.8 Å². The van der Waals surface area contributed by atoms with Crippen molar-refractivity contribution in [1.82, 2.24) is 9.78 Å². The second-order valence-corrected chi connectivity index (χ2v) is 6.33. The largest absolute Gasteiger partial charge is 0.388 e. The summed E-state index contributed by atoms with van der Waals surface area (Å²) in [6.07, 6.45) is -1.06. The Kier molecular flexibility index (Phi) is 4.59. The van der Waals surface area contributed by atoms with E-state index in [0.717, 1.165) is 16.1 Å². The van der Waals surface area contributed by atoms with Crippen LogP contribution in [0.1, 0.15) is 44.4 Å². The van der Waals surface area contributed by atoms with Crippen LogP contribution in [0.4, 0.5) is 8.78 Å². The molecule has 0 radical (unpaired) electrons. The van der Waals surface area contributed by atoms with E-state index in [1.165, 1.54) is 18.8 Å². The molecule has 0 spiro atoms. The summed E-state index contributed by atoms with van der Waals surface area (Å²) in [5.41, 5.74) is -0.0608. The van der Waals surface area contributed by atoms with E-state index in [1.54, 1.807) is 0 Å². The molecule has 0 saturated heterocycles. The second-order valence-electron chi connectivity index (χ2n) is 4.92. The van der Waals surface area contributed by atoms with Crippen LogP contribution in [0.3, 0.4) is 0 Å². The van der Waals surface area contributed by atoms with Gasteiger partial charge >= 0.3 is 0 Å². The Morgan fingerprint density at radius 1 is 1.55 bits per heavy atom. The monoisotopic (exact) mass is 323 g/mol. The highest BCUT2D eigenvalue weighted by atomic mass is 35.5. The molecular weight excluding hydrogens is 308 g/mol. The van der Waals surface area contributed by atoms with Gasteiger partial charge in [-0.2, -0.15) is 5.10 Å². The molecule has 1 unspecified atom stereocenters. The standard InChI is InChI=1S/C12H16ClF2N3OS/c1-4-12(2)5-8(17-19-12)20-6-7-9(11(14)15)18(3)16-10(7)13/h11H,4-6H2,1-3H3. The summed E-state index contributed by atoms with van der Waals surface area (Å²) >= 11 is 7.28. The van der Waals surface area contributed by atoms with Crippen molar-refractivity contribution in [3.8, 4) is 0 Å². The molecule has 0 saturated carbocycles. The normalized spacial score (nSPS) is 22.2.